The molecule has 1 aliphatic rings. The van der Waals surface area contributed by atoms with Crippen LogP contribution in [0.3, 0.4) is 0 Å². The average molecular weight is 286 g/mol. The van der Waals surface area contributed by atoms with Crippen LogP contribution in [0.25, 0.3) is 0 Å². The Kier molecular flexibility index (Phi) is 6.26. The van der Waals surface area contributed by atoms with Crippen LogP contribution in [0.1, 0.15) is 45.4 Å². The minimum absolute atomic E-state index is 0.00950. The quantitative estimate of drug-likeness (QED) is 0.781. The van der Waals surface area contributed by atoms with Gasteiger partial charge in [-0.1, -0.05) is 19.3 Å². The Hall–Kier alpha value is -1.30. The molecule has 6 nitrogen and oxygen atoms in total. The molecule has 0 aromatic heterocycles. The first-order chi connectivity index (χ1) is 9.41. The number of carboxylic acid groups (broad SMARTS) is 1. The number of methoxy groups -OCH3 is 1. The average Bonchev–Trinajstić information content (AvgIpc) is 2.38. The molecule has 1 rings (SSSR count). The maximum absolute atomic E-state index is 12.3. The molecule has 20 heavy (non-hydrogen) atoms. The number of amides is 2. The number of aliphatic carboxylic acids is 1. The first kappa shape index (κ1) is 16.8. The van der Waals surface area contributed by atoms with Gasteiger partial charge in [-0.25, -0.2) is 4.79 Å². The van der Waals surface area contributed by atoms with Crippen molar-refractivity contribution in [3.05, 3.63) is 0 Å². The largest absolute Gasteiger partial charge is 0.481 e. The van der Waals surface area contributed by atoms with E-state index >= 15 is 0 Å². The SMILES string of the molecule is COCC(C)NC(=O)N(C)C1(CC(=O)O)CCCCC1. The fraction of sp³-hybridized carbons (Fsp3) is 0.857. The van der Waals surface area contributed by atoms with Gasteiger partial charge in [0.1, 0.15) is 0 Å². The third-order valence-corrected chi connectivity index (χ3v) is 4.07. The number of carbonyl (C=O) groups is 2. The highest BCUT2D eigenvalue weighted by Crippen LogP contribution is 2.35. The number of carbonyl (C=O) groups excluding carboxylic acids is 1. The molecule has 116 valence electrons. The number of carboxylic acids is 1. The number of hydrogen-bond donors (Lipinski definition) is 2. The summed E-state index contributed by atoms with van der Waals surface area (Å²) in [7, 11) is 3.28. The Morgan fingerprint density at radius 1 is 1.35 bits per heavy atom. The molecule has 1 saturated carbocycles. The summed E-state index contributed by atoms with van der Waals surface area (Å²) in [5, 5.41) is 12.0. The molecule has 2 N–H and O–H groups in total. The van der Waals surface area contributed by atoms with E-state index in [9.17, 15) is 9.59 Å². The maximum atomic E-state index is 12.3. The van der Waals surface area contributed by atoms with Crippen molar-refractivity contribution in [1.82, 2.24) is 10.2 Å². The predicted octanol–water partition coefficient (Wildman–Crippen LogP) is 1.84. The van der Waals surface area contributed by atoms with E-state index in [2.05, 4.69) is 5.32 Å². The molecule has 0 aliphatic heterocycles. The first-order valence-electron chi connectivity index (χ1n) is 7.16. The molecule has 0 saturated heterocycles. The van der Waals surface area contributed by atoms with Crippen molar-refractivity contribution in [2.24, 2.45) is 0 Å². The molecular weight excluding hydrogens is 260 g/mol. The van der Waals surface area contributed by atoms with Gasteiger partial charge in [0.05, 0.1) is 24.6 Å². The molecule has 0 spiro atoms. The van der Waals surface area contributed by atoms with Crippen LogP contribution in [0, 0.1) is 0 Å². The number of nitrogens with zero attached hydrogens (tertiary/aromatic N) is 1. The second-order valence-corrected chi connectivity index (χ2v) is 5.72. The van der Waals surface area contributed by atoms with Gasteiger partial charge in [-0.3, -0.25) is 4.79 Å². The smallest absolute Gasteiger partial charge is 0.317 e. The molecule has 6 heteroatoms. The molecule has 0 heterocycles. The highest BCUT2D eigenvalue weighted by Gasteiger charge is 2.40. The fourth-order valence-corrected chi connectivity index (χ4v) is 2.94. The molecule has 0 aromatic carbocycles. The van der Waals surface area contributed by atoms with E-state index < -0.39 is 11.5 Å². The van der Waals surface area contributed by atoms with Crippen LogP contribution in [0.2, 0.25) is 0 Å². The second-order valence-electron chi connectivity index (χ2n) is 5.72. The zero-order valence-corrected chi connectivity index (χ0v) is 12.6. The Labute approximate surface area is 120 Å². The normalized spacial score (nSPS) is 19.1. The van der Waals surface area contributed by atoms with E-state index in [-0.39, 0.29) is 18.5 Å². The van der Waals surface area contributed by atoms with Crippen molar-refractivity contribution in [3.63, 3.8) is 0 Å². The Morgan fingerprint density at radius 2 is 1.95 bits per heavy atom. The minimum Gasteiger partial charge on any atom is -0.481 e. The Bertz CT molecular complexity index is 340. The highest BCUT2D eigenvalue weighted by molar-refractivity contribution is 5.77. The number of ether oxygens (including phenoxy) is 1. The van der Waals surface area contributed by atoms with Crippen molar-refractivity contribution in [1.29, 1.82) is 0 Å². The van der Waals surface area contributed by atoms with Crippen LogP contribution in [0.5, 0.6) is 0 Å². The topological polar surface area (TPSA) is 78.9 Å². The van der Waals surface area contributed by atoms with Crippen molar-refractivity contribution >= 4 is 12.0 Å². The van der Waals surface area contributed by atoms with Gasteiger partial charge in [0, 0.05) is 14.2 Å². The molecule has 1 unspecified atom stereocenters. The molecule has 0 radical (unpaired) electrons. The molecule has 1 atom stereocenters. The zero-order chi connectivity index (χ0) is 15.2. The van der Waals surface area contributed by atoms with E-state index in [1.165, 1.54) is 0 Å². The van der Waals surface area contributed by atoms with E-state index in [0.29, 0.717) is 6.61 Å². The van der Waals surface area contributed by atoms with Crippen LogP contribution >= 0.6 is 0 Å². The van der Waals surface area contributed by atoms with Crippen LogP contribution in [-0.2, 0) is 9.53 Å². The van der Waals surface area contributed by atoms with Crippen molar-refractivity contribution in [2.45, 2.75) is 57.0 Å². The van der Waals surface area contributed by atoms with Crippen LogP contribution in [-0.4, -0.2) is 54.4 Å². The number of urea groups is 1. The predicted molar refractivity (Wildman–Crippen MR) is 75.7 cm³/mol. The minimum atomic E-state index is -0.850. The summed E-state index contributed by atoms with van der Waals surface area (Å²) in [6.45, 7) is 2.30. The van der Waals surface area contributed by atoms with Crippen molar-refractivity contribution in [2.75, 3.05) is 20.8 Å². The Morgan fingerprint density at radius 3 is 2.45 bits per heavy atom. The number of rotatable bonds is 6. The van der Waals surface area contributed by atoms with Crippen molar-refractivity contribution < 1.29 is 19.4 Å². The summed E-state index contributed by atoms with van der Waals surface area (Å²) < 4.78 is 4.99. The van der Waals surface area contributed by atoms with Gasteiger partial charge >= 0.3 is 12.0 Å². The standard InChI is InChI=1S/C14H26N2O4/c1-11(10-20-3)15-13(19)16(2)14(9-12(17)18)7-5-4-6-8-14/h11H,4-10H2,1-3H3,(H,15,19)(H,17,18). The van der Waals surface area contributed by atoms with Gasteiger partial charge in [0.15, 0.2) is 0 Å². The second kappa shape index (κ2) is 7.47. The zero-order valence-electron chi connectivity index (χ0n) is 12.6. The van der Waals surface area contributed by atoms with Gasteiger partial charge in [0.2, 0.25) is 0 Å². The monoisotopic (exact) mass is 286 g/mol. The molecule has 1 fully saturated rings. The molecule has 2 amide bonds. The summed E-state index contributed by atoms with van der Waals surface area (Å²) in [6, 6.07) is -0.321. The lowest BCUT2D eigenvalue weighted by atomic mass is 9.78. The third-order valence-electron chi connectivity index (χ3n) is 4.07. The Balaban J connectivity index is 2.74. The van der Waals surface area contributed by atoms with Gasteiger partial charge in [-0.15, -0.1) is 0 Å². The summed E-state index contributed by atoms with van der Waals surface area (Å²) in [5.74, 6) is -0.850. The van der Waals surface area contributed by atoms with Crippen LogP contribution in [0.15, 0.2) is 0 Å². The number of nitrogens with one attached hydrogen (secondary N) is 1. The van der Waals surface area contributed by atoms with E-state index in [0.717, 1.165) is 32.1 Å². The summed E-state index contributed by atoms with van der Waals surface area (Å²) >= 11 is 0. The van der Waals surface area contributed by atoms with Gasteiger partial charge in [-0.05, 0) is 19.8 Å². The lowest BCUT2D eigenvalue weighted by Crippen LogP contribution is -2.56. The summed E-state index contributed by atoms with van der Waals surface area (Å²) in [6.07, 6.45) is 4.56. The molecule has 1 aliphatic carbocycles. The summed E-state index contributed by atoms with van der Waals surface area (Å²) in [5.41, 5.74) is -0.555. The van der Waals surface area contributed by atoms with E-state index in [1.807, 2.05) is 6.92 Å². The van der Waals surface area contributed by atoms with E-state index in [1.54, 1.807) is 19.1 Å². The first-order valence-corrected chi connectivity index (χ1v) is 7.16. The lowest BCUT2D eigenvalue weighted by molar-refractivity contribution is -0.140. The van der Waals surface area contributed by atoms with Crippen molar-refractivity contribution in [3.8, 4) is 0 Å². The van der Waals surface area contributed by atoms with Gasteiger partial charge in [0.25, 0.3) is 0 Å². The molecular formula is C14H26N2O4. The van der Waals surface area contributed by atoms with Crippen LogP contribution in [0.4, 0.5) is 4.79 Å². The summed E-state index contributed by atoms with van der Waals surface area (Å²) in [4.78, 5) is 25.0. The molecule has 0 bridgehead atoms. The highest BCUT2D eigenvalue weighted by atomic mass is 16.5. The van der Waals surface area contributed by atoms with E-state index in [4.69, 9.17) is 9.84 Å². The van der Waals surface area contributed by atoms with Gasteiger partial charge in [-0.2, -0.15) is 0 Å². The third kappa shape index (κ3) is 4.37. The fourth-order valence-electron chi connectivity index (χ4n) is 2.94. The van der Waals surface area contributed by atoms with Crippen LogP contribution < -0.4 is 5.32 Å². The van der Waals surface area contributed by atoms with Gasteiger partial charge < -0.3 is 20.1 Å². The number of hydrogen-bond acceptors (Lipinski definition) is 3. The maximum Gasteiger partial charge on any atom is 0.317 e. The lowest BCUT2D eigenvalue weighted by Gasteiger charge is -2.44. The molecule has 0 aromatic rings.